The Morgan fingerprint density at radius 2 is 2.15 bits per heavy atom. The number of likely N-dealkylation sites (tertiary alicyclic amines) is 1. The maximum atomic E-state index is 6.22. The summed E-state index contributed by atoms with van der Waals surface area (Å²) in [5.74, 6) is 1.44. The minimum absolute atomic E-state index is 0.0740. The largest absolute Gasteiger partial charge is 0.470 e. The van der Waals surface area contributed by atoms with E-state index < -0.39 is 0 Å². The summed E-state index contributed by atoms with van der Waals surface area (Å²) in [6.07, 6.45) is 6.12. The molecule has 4 heterocycles. The monoisotopic (exact) mass is 359 g/mol. The summed E-state index contributed by atoms with van der Waals surface area (Å²) < 4.78 is 6.14. The van der Waals surface area contributed by atoms with Gasteiger partial charge in [0.1, 0.15) is 11.9 Å². The molecule has 26 heavy (non-hydrogen) atoms. The highest BCUT2D eigenvalue weighted by atomic mass is 16.5. The molecule has 2 aliphatic heterocycles. The molecule has 2 aliphatic rings. The van der Waals surface area contributed by atoms with Crippen LogP contribution < -0.4 is 15.4 Å². The number of likely N-dealkylation sites (N-methyl/N-ethyl adjacent to an activating group) is 1. The number of hydrogen-bond acceptors (Lipinski definition) is 7. The Bertz CT molecular complexity index is 749. The Morgan fingerprint density at radius 3 is 2.92 bits per heavy atom. The summed E-state index contributed by atoms with van der Waals surface area (Å²) in [6, 6.07) is 0. The van der Waals surface area contributed by atoms with Crippen LogP contribution >= 0.6 is 0 Å². The summed E-state index contributed by atoms with van der Waals surface area (Å²) in [5, 5.41) is 7.31. The molecule has 4 rings (SSSR count). The molecule has 1 atom stereocenters. The van der Waals surface area contributed by atoms with Crippen molar-refractivity contribution in [1.82, 2.24) is 25.1 Å². The van der Waals surface area contributed by atoms with Gasteiger partial charge in [0.2, 0.25) is 0 Å². The summed E-state index contributed by atoms with van der Waals surface area (Å²) in [6.45, 7) is 9.26. The lowest BCUT2D eigenvalue weighted by Gasteiger charge is -2.37. The van der Waals surface area contributed by atoms with Crippen molar-refractivity contribution in [3.8, 4) is 5.88 Å². The molecule has 2 fully saturated rings. The number of aromatic nitrogens is 4. The van der Waals surface area contributed by atoms with E-state index in [1.54, 1.807) is 0 Å². The smallest absolute Gasteiger partial charge is 0.261 e. The fourth-order valence-corrected chi connectivity index (χ4v) is 3.81. The number of piperidine rings is 2. The second-order valence-corrected chi connectivity index (χ2v) is 7.87. The van der Waals surface area contributed by atoms with Gasteiger partial charge >= 0.3 is 0 Å². The Kier molecular flexibility index (Phi) is 4.71. The van der Waals surface area contributed by atoms with Crippen LogP contribution in [0.1, 0.15) is 39.5 Å². The van der Waals surface area contributed by atoms with E-state index in [-0.39, 0.29) is 11.6 Å². The molecular weight excluding hydrogens is 330 g/mol. The van der Waals surface area contributed by atoms with E-state index in [1.807, 2.05) is 6.20 Å². The van der Waals surface area contributed by atoms with Gasteiger partial charge in [0.25, 0.3) is 5.88 Å². The van der Waals surface area contributed by atoms with Crippen LogP contribution in [-0.2, 0) is 0 Å². The maximum Gasteiger partial charge on any atom is 0.261 e. The van der Waals surface area contributed by atoms with Gasteiger partial charge in [0.15, 0.2) is 11.2 Å². The predicted molar refractivity (Wildman–Crippen MR) is 101 cm³/mol. The quantitative estimate of drug-likeness (QED) is 0.854. The SMILES string of the molecule is CCN1CCCC(Oc2n[nH]c3nc(N4CCC(C)(N)CC4)cnc23)C1. The van der Waals surface area contributed by atoms with E-state index in [9.17, 15) is 0 Å². The van der Waals surface area contributed by atoms with Crippen molar-refractivity contribution in [3.63, 3.8) is 0 Å². The zero-order valence-electron chi connectivity index (χ0n) is 15.7. The minimum atomic E-state index is -0.0740. The van der Waals surface area contributed by atoms with Crippen LogP contribution in [0, 0.1) is 0 Å². The molecule has 142 valence electrons. The van der Waals surface area contributed by atoms with Crippen LogP contribution in [0.2, 0.25) is 0 Å². The summed E-state index contributed by atoms with van der Waals surface area (Å²) in [7, 11) is 0. The molecule has 8 nitrogen and oxygen atoms in total. The lowest BCUT2D eigenvalue weighted by atomic mass is 9.91. The molecule has 0 aliphatic carbocycles. The second kappa shape index (κ2) is 7.00. The lowest BCUT2D eigenvalue weighted by Crippen LogP contribution is -2.48. The average molecular weight is 359 g/mol. The van der Waals surface area contributed by atoms with Crippen LogP contribution in [0.25, 0.3) is 11.2 Å². The number of fused-ring (bicyclic) bond motifs is 1. The van der Waals surface area contributed by atoms with Gasteiger partial charge in [-0.05, 0) is 45.7 Å². The van der Waals surface area contributed by atoms with Crippen molar-refractivity contribution >= 4 is 17.0 Å². The molecule has 2 aromatic rings. The van der Waals surface area contributed by atoms with Gasteiger partial charge in [-0.2, -0.15) is 0 Å². The van der Waals surface area contributed by atoms with E-state index in [4.69, 9.17) is 15.5 Å². The van der Waals surface area contributed by atoms with Crippen molar-refractivity contribution in [2.45, 2.75) is 51.2 Å². The standard InChI is InChI=1S/C18H29N7O/c1-3-24-8-4-5-13(12-24)26-17-15-16(22-23-17)21-14(11-20-15)25-9-6-18(2,19)7-10-25/h11,13H,3-10,12,19H2,1-2H3,(H,21,22,23). The summed E-state index contributed by atoms with van der Waals surface area (Å²) in [4.78, 5) is 13.9. The fourth-order valence-electron chi connectivity index (χ4n) is 3.81. The first kappa shape index (κ1) is 17.5. The van der Waals surface area contributed by atoms with Crippen molar-refractivity contribution in [1.29, 1.82) is 0 Å². The third-order valence-electron chi connectivity index (χ3n) is 5.64. The van der Waals surface area contributed by atoms with E-state index in [0.717, 1.165) is 64.2 Å². The van der Waals surface area contributed by atoms with Gasteiger partial charge < -0.3 is 15.4 Å². The summed E-state index contributed by atoms with van der Waals surface area (Å²) >= 11 is 0. The Balaban J connectivity index is 1.47. The molecule has 1 unspecified atom stereocenters. The van der Waals surface area contributed by atoms with E-state index in [1.165, 1.54) is 0 Å². The molecule has 0 aromatic carbocycles. The highest BCUT2D eigenvalue weighted by molar-refractivity contribution is 5.77. The van der Waals surface area contributed by atoms with Gasteiger partial charge in [-0.15, -0.1) is 5.10 Å². The average Bonchev–Trinajstić information content (AvgIpc) is 3.04. The number of ether oxygens (including phenoxy) is 1. The predicted octanol–water partition coefficient (Wildman–Crippen LogP) is 1.53. The molecule has 0 saturated carbocycles. The van der Waals surface area contributed by atoms with Crippen LogP contribution in [0.5, 0.6) is 5.88 Å². The molecule has 0 radical (unpaired) electrons. The zero-order chi connectivity index (χ0) is 18.1. The van der Waals surface area contributed by atoms with Crippen molar-refractivity contribution in [2.75, 3.05) is 37.6 Å². The van der Waals surface area contributed by atoms with E-state index in [2.05, 4.69) is 38.8 Å². The van der Waals surface area contributed by atoms with Crippen LogP contribution in [0.15, 0.2) is 6.20 Å². The Hall–Kier alpha value is -1.93. The van der Waals surface area contributed by atoms with Gasteiger partial charge in [-0.3, -0.25) is 10.00 Å². The Morgan fingerprint density at radius 1 is 1.35 bits per heavy atom. The molecule has 0 amide bonds. The second-order valence-electron chi connectivity index (χ2n) is 7.87. The number of nitrogens with zero attached hydrogens (tertiary/aromatic N) is 5. The number of nitrogens with two attached hydrogens (primary N) is 1. The number of aromatic amines is 1. The van der Waals surface area contributed by atoms with Gasteiger partial charge in [0.05, 0.1) is 6.20 Å². The zero-order valence-corrected chi connectivity index (χ0v) is 15.7. The normalized spacial score (nSPS) is 24.1. The highest BCUT2D eigenvalue weighted by Gasteiger charge is 2.27. The molecule has 2 aromatic heterocycles. The minimum Gasteiger partial charge on any atom is -0.470 e. The number of H-pyrrole nitrogens is 1. The highest BCUT2D eigenvalue weighted by Crippen LogP contribution is 2.27. The van der Waals surface area contributed by atoms with Crippen molar-refractivity contribution in [2.24, 2.45) is 5.73 Å². The first-order valence-electron chi connectivity index (χ1n) is 9.68. The lowest BCUT2D eigenvalue weighted by molar-refractivity contribution is 0.0892. The van der Waals surface area contributed by atoms with Crippen LogP contribution in [0.3, 0.4) is 0 Å². The van der Waals surface area contributed by atoms with Gasteiger partial charge in [0, 0.05) is 25.2 Å². The number of anilines is 1. The molecule has 0 spiro atoms. The summed E-state index contributed by atoms with van der Waals surface area (Å²) in [5.41, 5.74) is 7.54. The van der Waals surface area contributed by atoms with Crippen molar-refractivity contribution in [3.05, 3.63) is 6.20 Å². The van der Waals surface area contributed by atoms with E-state index in [0.29, 0.717) is 17.0 Å². The molecule has 3 N–H and O–H groups in total. The third-order valence-corrected chi connectivity index (χ3v) is 5.64. The Labute approximate surface area is 154 Å². The topological polar surface area (TPSA) is 96.2 Å². The fraction of sp³-hybridized carbons (Fsp3) is 0.722. The van der Waals surface area contributed by atoms with Gasteiger partial charge in [-0.25, -0.2) is 9.97 Å². The number of rotatable bonds is 4. The van der Waals surface area contributed by atoms with Crippen molar-refractivity contribution < 1.29 is 4.74 Å². The van der Waals surface area contributed by atoms with Gasteiger partial charge in [-0.1, -0.05) is 6.92 Å². The molecule has 8 heteroatoms. The number of nitrogens with one attached hydrogen (secondary N) is 1. The van der Waals surface area contributed by atoms with E-state index >= 15 is 0 Å². The molecular formula is C18H29N7O. The number of hydrogen-bond donors (Lipinski definition) is 2. The van der Waals surface area contributed by atoms with Crippen LogP contribution in [-0.4, -0.2) is 69.4 Å². The van der Waals surface area contributed by atoms with Crippen LogP contribution in [0.4, 0.5) is 5.82 Å². The molecule has 0 bridgehead atoms. The third kappa shape index (κ3) is 3.61. The first-order chi connectivity index (χ1) is 12.5. The maximum absolute atomic E-state index is 6.22. The first-order valence-corrected chi connectivity index (χ1v) is 9.68. The molecule has 2 saturated heterocycles.